The van der Waals surface area contributed by atoms with Gasteiger partial charge in [-0.05, 0) is 0 Å². The minimum Gasteiger partial charge on any atom is -0.371 e. The molecule has 3 unspecified atom stereocenters. The number of alkyl halides is 2. The van der Waals surface area contributed by atoms with E-state index >= 15 is 0 Å². The summed E-state index contributed by atoms with van der Waals surface area (Å²) >= 11 is 11.7. The first-order valence-corrected chi connectivity index (χ1v) is 4.21. The first-order valence-electron chi connectivity index (χ1n) is 3.24. The molecule has 0 spiro atoms. The largest absolute Gasteiger partial charge is 0.371 e. The van der Waals surface area contributed by atoms with E-state index in [9.17, 15) is 0 Å². The van der Waals surface area contributed by atoms with Crippen molar-refractivity contribution in [1.29, 1.82) is 0 Å². The molecule has 0 aliphatic carbocycles. The molecule has 0 aromatic rings. The maximum Gasteiger partial charge on any atom is 0.124 e. The lowest BCUT2D eigenvalue weighted by Gasteiger charge is -2.11. The van der Waals surface area contributed by atoms with Crippen molar-refractivity contribution < 1.29 is 9.47 Å². The fourth-order valence-electron chi connectivity index (χ4n) is 0.966. The molecule has 3 atom stereocenters. The van der Waals surface area contributed by atoms with E-state index in [0.717, 1.165) is 6.61 Å². The van der Waals surface area contributed by atoms with Crippen molar-refractivity contribution in [2.45, 2.75) is 17.1 Å². The minimum atomic E-state index is -0.260. The molecule has 4 heteroatoms. The summed E-state index contributed by atoms with van der Waals surface area (Å²) in [6.45, 7) is 1.45. The number of rotatable bonds is 3. The summed E-state index contributed by atoms with van der Waals surface area (Å²) < 4.78 is 10.2. The second-order valence-corrected chi connectivity index (χ2v) is 3.50. The predicted molar refractivity (Wildman–Crippen MR) is 38.8 cm³/mol. The highest BCUT2D eigenvalue weighted by molar-refractivity contribution is 6.24. The highest BCUT2D eigenvalue weighted by Crippen LogP contribution is 2.40. The number of hydrogen-bond donors (Lipinski definition) is 0. The summed E-state index contributed by atoms with van der Waals surface area (Å²) in [5, 5.41) is -0.0509. The monoisotopic (exact) mass is 182 g/mol. The molecule has 0 aromatic carbocycles. The van der Waals surface area contributed by atoms with Crippen molar-refractivity contribution in [2.75, 3.05) is 19.1 Å². The molecule has 2 rings (SSSR count). The zero-order chi connectivity index (χ0) is 7.19. The second-order valence-electron chi connectivity index (χ2n) is 2.76. The first-order chi connectivity index (χ1) is 4.78. The summed E-state index contributed by atoms with van der Waals surface area (Å²) in [5.74, 6) is 0.473. The van der Waals surface area contributed by atoms with Gasteiger partial charge in [0, 0.05) is 0 Å². The molecule has 0 bridgehead atoms. The van der Waals surface area contributed by atoms with E-state index in [0.29, 0.717) is 12.5 Å². The van der Waals surface area contributed by atoms with Gasteiger partial charge in [-0.1, -0.05) is 0 Å². The Morgan fingerprint density at radius 1 is 1.70 bits per heavy atom. The number of hydrogen-bond acceptors (Lipinski definition) is 2. The standard InChI is InChI=1S/C6H8Cl2O2/c7-2-6(3-10-6)5(8)4-1-9-4/h4-5H,1-3H2. The van der Waals surface area contributed by atoms with Crippen molar-refractivity contribution in [3.8, 4) is 0 Å². The van der Waals surface area contributed by atoms with Crippen LogP contribution in [0.4, 0.5) is 0 Å². The van der Waals surface area contributed by atoms with Gasteiger partial charge < -0.3 is 9.47 Å². The van der Waals surface area contributed by atoms with Crippen LogP contribution in [-0.4, -0.2) is 36.2 Å². The average Bonchev–Trinajstić information content (AvgIpc) is 2.84. The average molecular weight is 183 g/mol. The van der Waals surface area contributed by atoms with Gasteiger partial charge in [0.25, 0.3) is 0 Å². The number of halogens is 2. The maximum absolute atomic E-state index is 6.00. The van der Waals surface area contributed by atoms with E-state index in [1.165, 1.54) is 0 Å². The predicted octanol–water partition coefficient (Wildman–Crippen LogP) is 1.00. The molecule has 58 valence electrons. The topological polar surface area (TPSA) is 25.1 Å². The van der Waals surface area contributed by atoms with Crippen LogP contribution in [0.25, 0.3) is 0 Å². The van der Waals surface area contributed by atoms with Crippen molar-refractivity contribution in [1.82, 2.24) is 0 Å². The van der Waals surface area contributed by atoms with E-state index in [1.54, 1.807) is 0 Å². The van der Waals surface area contributed by atoms with Crippen LogP contribution in [0.3, 0.4) is 0 Å². The molecule has 0 aromatic heterocycles. The first kappa shape index (κ1) is 7.17. The Labute approximate surface area is 69.4 Å². The van der Waals surface area contributed by atoms with Crippen LogP contribution >= 0.6 is 23.2 Å². The Morgan fingerprint density at radius 3 is 2.60 bits per heavy atom. The molecule has 0 saturated carbocycles. The summed E-state index contributed by atoms with van der Waals surface area (Å²) in [6.07, 6.45) is 0.183. The number of ether oxygens (including phenoxy) is 2. The van der Waals surface area contributed by atoms with Crippen LogP contribution in [0.1, 0.15) is 0 Å². The molecule has 0 amide bonds. The maximum atomic E-state index is 6.00. The normalized spacial score (nSPS) is 46.8. The zero-order valence-corrected chi connectivity index (χ0v) is 6.86. The lowest BCUT2D eigenvalue weighted by Crippen LogP contribution is -2.31. The van der Waals surface area contributed by atoms with E-state index < -0.39 is 0 Å². The van der Waals surface area contributed by atoms with Gasteiger partial charge in [-0.25, -0.2) is 0 Å². The van der Waals surface area contributed by atoms with Crippen LogP contribution in [0, 0.1) is 0 Å². The third-order valence-electron chi connectivity index (χ3n) is 1.93. The van der Waals surface area contributed by atoms with Crippen molar-refractivity contribution in [3.63, 3.8) is 0 Å². The Kier molecular flexibility index (Phi) is 1.61. The molecule has 2 heterocycles. The van der Waals surface area contributed by atoms with Gasteiger partial charge in [0.05, 0.1) is 24.5 Å². The van der Waals surface area contributed by atoms with Crippen molar-refractivity contribution in [2.24, 2.45) is 0 Å². The van der Waals surface area contributed by atoms with Gasteiger partial charge in [-0.15, -0.1) is 23.2 Å². The number of epoxide rings is 2. The molecule has 0 radical (unpaired) electrons. The highest BCUT2D eigenvalue weighted by atomic mass is 35.5. The van der Waals surface area contributed by atoms with E-state index in [2.05, 4.69) is 0 Å². The van der Waals surface area contributed by atoms with Crippen molar-refractivity contribution >= 4 is 23.2 Å². The van der Waals surface area contributed by atoms with Gasteiger partial charge >= 0.3 is 0 Å². The molecule has 2 aliphatic heterocycles. The molecule has 0 N–H and O–H groups in total. The summed E-state index contributed by atoms with van der Waals surface area (Å²) in [4.78, 5) is 0. The van der Waals surface area contributed by atoms with Crippen LogP contribution in [-0.2, 0) is 9.47 Å². The van der Waals surface area contributed by atoms with Gasteiger partial charge in [-0.2, -0.15) is 0 Å². The third-order valence-corrected chi connectivity index (χ3v) is 3.06. The third kappa shape index (κ3) is 1.03. The molecular weight excluding hydrogens is 175 g/mol. The van der Waals surface area contributed by atoms with E-state index in [4.69, 9.17) is 32.7 Å². The quantitative estimate of drug-likeness (QED) is 0.481. The lowest BCUT2D eigenvalue weighted by molar-refractivity contribution is 0.284. The Hall–Kier alpha value is 0.500. The fourth-order valence-corrected chi connectivity index (χ4v) is 1.71. The van der Waals surface area contributed by atoms with Crippen LogP contribution < -0.4 is 0 Å². The Balaban J connectivity index is 1.95. The summed E-state index contributed by atoms with van der Waals surface area (Å²) in [7, 11) is 0. The highest BCUT2D eigenvalue weighted by Gasteiger charge is 2.56. The van der Waals surface area contributed by atoms with E-state index in [-0.39, 0.29) is 17.1 Å². The molecule has 2 nitrogen and oxygen atoms in total. The smallest absolute Gasteiger partial charge is 0.124 e. The lowest BCUT2D eigenvalue weighted by atomic mass is 10.1. The van der Waals surface area contributed by atoms with Crippen LogP contribution in [0.2, 0.25) is 0 Å². The molecule has 2 saturated heterocycles. The molecule has 2 fully saturated rings. The van der Waals surface area contributed by atoms with Gasteiger partial charge in [0.1, 0.15) is 11.7 Å². The zero-order valence-electron chi connectivity index (χ0n) is 5.35. The van der Waals surface area contributed by atoms with Gasteiger partial charge in [-0.3, -0.25) is 0 Å². The summed E-state index contributed by atoms with van der Waals surface area (Å²) in [6, 6.07) is 0. The van der Waals surface area contributed by atoms with Crippen LogP contribution in [0.5, 0.6) is 0 Å². The fraction of sp³-hybridized carbons (Fsp3) is 1.00. The summed E-state index contributed by atoms with van der Waals surface area (Å²) in [5.41, 5.74) is -0.260. The minimum absolute atomic E-state index is 0.0509. The van der Waals surface area contributed by atoms with Gasteiger partial charge in [0.2, 0.25) is 0 Å². The molecule has 2 aliphatic rings. The SMILES string of the molecule is ClCC1(C(Cl)C2CO2)CO1. The second kappa shape index (κ2) is 2.24. The molecular formula is C6H8Cl2O2. The van der Waals surface area contributed by atoms with Gasteiger partial charge in [0.15, 0.2) is 0 Å². The Bertz CT molecular complexity index is 143. The molecule has 10 heavy (non-hydrogen) atoms. The van der Waals surface area contributed by atoms with Crippen molar-refractivity contribution in [3.05, 3.63) is 0 Å². The Morgan fingerprint density at radius 2 is 2.30 bits per heavy atom. The van der Waals surface area contributed by atoms with E-state index in [1.807, 2.05) is 0 Å². The van der Waals surface area contributed by atoms with Crippen LogP contribution in [0.15, 0.2) is 0 Å².